The van der Waals surface area contributed by atoms with Crippen molar-refractivity contribution < 1.29 is 9.59 Å². The van der Waals surface area contributed by atoms with Crippen LogP contribution in [-0.4, -0.2) is 34.2 Å². The molecule has 0 atom stereocenters. The van der Waals surface area contributed by atoms with Crippen LogP contribution in [0, 0.1) is 0 Å². The van der Waals surface area contributed by atoms with E-state index >= 15 is 0 Å². The molecule has 8 heteroatoms. The molecule has 0 saturated heterocycles. The SMILES string of the molecule is O=C(CCCCC(=O)N/N=C\c1ccccn1)NN=Cc1ccccn1. The van der Waals surface area contributed by atoms with Crippen LogP contribution in [0.5, 0.6) is 0 Å². The predicted molar refractivity (Wildman–Crippen MR) is 98.4 cm³/mol. The molecule has 0 aliphatic heterocycles. The van der Waals surface area contributed by atoms with E-state index in [1.807, 2.05) is 12.1 Å². The number of pyridine rings is 2. The van der Waals surface area contributed by atoms with E-state index in [1.54, 1.807) is 36.7 Å². The van der Waals surface area contributed by atoms with Crippen LogP contribution in [0.1, 0.15) is 37.1 Å². The van der Waals surface area contributed by atoms with Gasteiger partial charge in [-0.2, -0.15) is 10.2 Å². The van der Waals surface area contributed by atoms with E-state index in [9.17, 15) is 9.59 Å². The molecule has 0 radical (unpaired) electrons. The molecule has 0 saturated carbocycles. The summed E-state index contributed by atoms with van der Waals surface area (Å²) < 4.78 is 0. The van der Waals surface area contributed by atoms with Gasteiger partial charge in [-0.25, -0.2) is 10.9 Å². The highest BCUT2D eigenvalue weighted by Crippen LogP contribution is 2.00. The van der Waals surface area contributed by atoms with Crippen molar-refractivity contribution in [3.63, 3.8) is 0 Å². The largest absolute Gasteiger partial charge is 0.273 e. The predicted octanol–water partition coefficient (Wildman–Crippen LogP) is 1.64. The maximum atomic E-state index is 11.6. The van der Waals surface area contributed by atoms with Crippen LogP contribution < -0.4 is 10.9 Å². The van der Waals surface area contributed by atoms with E-state index in [4.69, 9.17) is 0 Å². The third kappa shape index (κ3) is 7.91. The van der Waals surface area contributed by atoms with Crippen LogP contribution in [0.15, 0.2) is 59.0 Å². The lowest BCUT2D eigenvalue weighted by molar-refractivity contribution is -0.123. The second kappa shape index (κ2) is 11.2. The first-order valence-corrected chi connectivity index (χ1v) is 8.20. The topological polar surface area (TPSA) is 109 Å². The van der Waals surface area contributed by atoms with Gasteiger partial charge in [0, 0.05) is 25.2 Å². The molecule has 2 aromatic heterocycles. The average Bonchev–Trinajstić information content (AvgIpc) is 2.67. The highest BCUT2D eigenvalue weighted by atomic mass is 16.2. The monoisotopic (exact) mass is 352 g/mol. The summed E-state index contributed by atoms with van der Waals surface area (Å²) in [5.74, 6) is -0.406. The van der Waals surface area contributed by atoms with Crippen molar-refractivity contribution in [1.82, 2.24) is 20.8 Å². The second-order valence-electron chi connectivity index (χ2n) is 5.30. The number of hydrazone groups is 2. The van der Waals surface area contributed by atoms with Crippen molar-refractivity contribution >= 4 is 24.2 Å². The molecule has 0 aromatic carbocycles. The summed E-state index contributed by atoms with van der Waals surface area (Å²) in [4.78, 5) is 31.4. The number of nitrogens with zero attached hydrogens (tertiary/aromatic N) is 4. The number of aromatic nitrogens is 2. The third-order valence-corrected chi connectivity index (χ3v) is 3.21. The van der Waals surface area contributed by atoms with Crippen LogP contribution in [0.3, 0.4) is 0 Å². The minimum atomic E-state index is -0.203. The van der Waals surface area contributed by atoms with Gasteiger partial charge in [-0.1, -0.05) is 12.1 Å². The maximum Gasteiger partial charge on any atom is 0.240 e. The fraction of sp³-hybridized carbons (Fsp3) is 0.222. The zero-order chi connectivity index (χ0) is 18.5. The fourth-order valence-corrected chi connectivity index (χ4v) is 1.93. The average molecular weight is 352 g/mol. The first-order chi connectivity index (χ1) is 12.7. The number of unbranched alkanes of at least 4 members (excludes halogenated alkanes) is 1. The molecule has 0 fully saturated rings. The molecule has 0 aliphatic rings. The van der Waals surface area contributed by atoms with E-state index in [2.05, 4.69) is 31.0 Å². The Morgan fingerprint density at radius 1 is 0.808 bits per heavy atom. The molecular formula is C18H20N6O2. The summed E-state index contributed by atoms with van der Waals surface area (Å²) >= 11 is 0. The lowest BCUT2D eigenvalue weighted by atomic mass is 10.2. The van der Waals surface area contributed by atoms with Gasteiger partial charge >= 0.3 is 0 Å². The third-order valence-electron chi connectivity index (χ3n) is 3.21. The summed E-state index contributed by atoms with van der Waals surface area (Å²) in [7, 11) is 0. The molecule has 0 aliphatic carbocycles. The molecular weight excluding hydrogens is 332 g/mol. The summed E-state index contributed by atoms with van der Waals surface area (Å²) in [5.41, 5.74) is 6.19. The summed E-state index contributed by atoms with van der Waals surface area (Å²) in [6, 6.07) is 10.8. The van der Waals surface area contributed by atoms with Gasteiger partial charge in [0.2, 0.25) is 11.8 Å². The number of hydrogen-bond acceptors (Lipinski definition) is 6. The number of amides is 2. The van der Waals surface area contributed by atoms with Gasteiger partial charge in [0.25, 0.3) is 0 Å². The Labute approximate surface area is 151 Å². The molecule has 0 unspecified atom stereocenters. The summed E-state index contributed by atoms with van der Waals surface area (Å²) in [6.07, 6.45) is 8.01. The number of carbonyl (C=O) groups is 2. The lowest BCUT2D eigenvalue weighted by Crippen LogP contribution is -2.19. The van der Waals surface area contributed by atoms with E-state index < -0.39 is 0 Å². The van der Waals surface area contributed by atoms with E-state index in [-0.39, 0.29) is 11.8 Å². The molecule has 8 nitrogen and oxygen atoms in total. The number of nitrogens with one attached hydrogen (secondary N) is 2. The van der Waals surface area contributed by atoms with Crippen LogP contribution in [0.25, 0.3) is 0 Å². The van der Waals surface area contributed by atoms with Crippen LogP contribution in [0.4, 0.5) is 0 Å². The standard InChI is InChI=1S/C18H20N6O2/c25-17(23-21-13-15-7-3-5-11-19-15)9-1-2-10-18(26)24-22-14-16-8-4-6-12-20-16/h3-8,11-14H,1-2,9-10H2,(H,23,25)(H,24,26)/b21-13-,22-14?. The van der Waals surface area contributed by atoms with Crippen LogP contribution in [-0.2, 0) is 9.59 Å². The number of carbonyl (C=O) groups excluding carboxylic acids is 2. The highest BCUT2D eigenvalue weighted by Gasteiger charge is 2.03. The Morgan fingerprint density at radius 3 is 1.65 bits per heavy atom. The van der Waals surface area contributed by atoms with Crippen molar-refractivity contribution in [2.24, 2.45) is 10.2 Å². The summed E-state index contributed by atoms with van der Waals surface area (Å²) in [5, 5.41) is 7.67. The molecule has 0 bridgehead atoms. The zero-order valence-electron chi connectivity index (χ0n) is 14.2. The van der Waals surface area contributed by atoms with Crippen molar-refractivity contribution in [1.29, 1.82) is 0 Å². The number of hydrogen-bond donors (Lipinski definition) is 2. The Hall–Kier alpha value is -3.42. The van der Waals surface area contributed by atoms with Crippen LogP contribution >= 0.6 is 0 Å². The Morgan fingerprint density at radius 2 is 1.27 bits per heavy atom. The highest BCUT2D eigenvalue weighted by molar-refractivity contribution is 5.81. The lowest BCUT2D eigenvalue weighted by Gasteiger charge is -2.01. The van der Waals surface area contributed by atoms with Crippen molar-refractivity contribution in [2.75, 3.05) is 0 Å². The van der Waals surface area contributed by atoms with Crippen molar-refractivity contribution in [3.05, 3.63) is 60.2 Å². The normalized spacial score (nSPS) is 10.9. The Kier molecular flexibility index (Phi) is 8.14. The molecule has 2 N–H and O–H groups in total. The van der Waals surface area contributed by atoms with E-state index in [0.717, 1.165) is 0 Å². The molecule has 134 valence electrons. The summed E-state index contributed by atoms with van der Waals surface area (Å²) in [6.45, 7) is 0. The van der Waals surface area contributed by atoms with E-state index in [1.165, 1.54) is 12.4 Å². The molecule has 2 amide bonds. The quantitative estimate of drug-likeness (QED) is 0.406. The van der Waals surface area contributed by atoms with Gasteiger partial charge in [-0.3, -0.25) is 19.6 Å². The fourth-order valence-electron chi connectivity index (χ4n) is 1.93. The van der Waals surface area contributed by atoms with Crippen LogP contribution in [0.2, 0.25) is 0 Å². The van der Waals surface area contributed by atoms with Gasteiger partial charge in [-0.05, 0) is 37.1 Å². The van der Waals surface area contributed by atoms with Gasteiger partial charge in [-0.15, -0.1) is 0 Å². The minimum absolute atomic E-state index is 0.203. The van der Waals surface area contributed by atoms with Crippen molar-refractivity contribution in [2.45, 2.75) is 25.7 Å². The van der Waals surface area contributed by atoms with Gasteiger partial charge in [0.15, 0.2) is 0 Å². The molecule has 0 spiro atoms. The first-order valence-electron chi connectivity index (χ1n) is 8.20. The minimum Gasteiger partial charge on any atom is -0.273 e. The van der Waals surface area contributed by atoms with Gasteiger partial charge in [0.05, 0.1) is 23.8 Å². The second-order valence-corrected chi connectivity index (χ2v) is 5.30. The van der Waals surface area contributed by atoms with Crippen molar-refractivity contribution in [3.8, 4) is 0 Å². The molecule has 2 rings (SSSR count). The Balaban J connectivity index is 1.55. The maximum absolute atomic E-state index is 11.6. The smallest absolute Gasteiger partial charge is 0.240 e. The van der Waals surface area contributed by atoms with E-state index in [0.29, 0.717) is 37.1 Å². The molecule has 2 aromatic rings. The molecule has 2 heterocycles. The number of rotatable bonds is 9. The van der Waals surface area contributed by atoms with Gasteiger partial charge < -0.3 is 0 Å². The zero-order valence-corrected chi connectivity index (χ0v) is 14.2. The first kappa shape index (κ1) is 18.9. The molecule has 26 heavy (non-hydrogen) atoms. The van der Waals surface area contributed by atoms with Gasteiger partial charge in [0.1, 0.15) is 0 Å². The Bertz CT molecular complexity index is 681.